The summed E-state index contributed by atoms with van der Waals surface area (Å²) in [7, 11) is 0. The molecule has 0 amide bonds. The number of ether oxygens (including phenoxy) is 2. The van der Waals surface area contributed by atoms with Crippen LogP contribution in [0, 0.1) is 0 Å². The van der Waals surface area contributed by atoms with Crippen molar-refractivity contribution in [3.63, 3.8) is 0 Å². The van der Waals surface area contributed by atoms with Crippen LogP contribution in [0.1, 0.15) is 0 Å². The molecule has 0 unspecified atom stereocenters. The Labute approximate surface area is 158 Å². The zero-order valence-electron chi connectivity index (χ0n) is 14.1. The lowest BCUT2D eigenvalue weighted by molar-refractivity contribution is 0.171. The van der Waals surface area contributed by atoms with Gasteiger partial charge in [-0.05, 0) is 54.4 Å². The second-order valence-corrected chi connectivity index (χ2v) is 6.66. The third-order valence-corrected chi connectivity index (χ3v) is 4.76. The van der Waals surface area contributed by atoms with E-state index in [-0.39, 0.29) is 0 Å². The van der Waals surface area contributed by atoms with Gasteiger partial charge in [0.05, 0.1) is 0 Å². The molecule has 1 aromatic carbocycles. The zero-order valence-corrected chi connectivity index (χ0v) is 14.9. The Morgan fingerprint density at radius 3 is 2.78 bits per heavy atom. The molecule has 8 heteroatoms. The van der Waals surface area contributed by atoms with Crippen molar-refractivity contribution in [2.75, 3.05) is 17.9 Å². The standard InChI is InChI=1S/C19H14N4O3S/c1-2-15-18(21-6-1)22-19(26-15)12-5-7-20-17(10-12)23-27-13-3-4-14-16(11-13)25-9-8-24-14/h1-7,10-11H,8-9H2,(H,20,23). The van der Waals surface area contributed by atoms with E-state index in [0.29, 0.717) is 36.2 Å². The van der Waals surface area contributed by atoms with Crippen LogP contribution in [0.25, 0.3) is 22.7 Å². The van der Waals surface area contributed by atoms with E-state index in [1.54, 1.807) is 12.4 Å². The molecule has 4 aromatic rings. The van der Waals surface area contributed by atoms with Crippen molar-refractivity contribution in [2.45, 2.75) is 4.90 Å². The molecule has 5 rings (SSSR count). The van der Waals surface area contributed by atoms with Gasteiger partial charge < -0.3 is 18.6 Å². The third kappa shape index (κ3) is 3.26. The minimum absolute atomic E-state index is 0.512. The Bertz CT molecular complexity index is 1080. The molecule has 27 heavy (non-hydrogen) atoms. The fourth-order valence-corrected chi connectivity index (χ4v) is 3.35. The molecule has 0 saturated carbocycles. The van der Waals surface area contributed by atoms with Crippen LogP contribution in [-0.4, -0.2) is 28.2 Å². The maximum Gasteiger partial charge on any atom is 0.229 e. The number of nitrogens with one attached hydrogen (secondary N) is 1. The summed E-state index contributed by atoms with van der Waals surface area (Å²) in [5.74, 6) is 2.74. The van der Waals surface area contributed by atoms with Gasteiger partial charge in [0.2, 0.25) is 5.89 Å². The number of hydrogen-bond donors (Lipinski definition) is 1. The number of anilines is 1. The van der Waals surface area contributed by atoms with E-state index in [0.717, 1.165) is 22.0 Å². The maximum atomic E-state index is 5.77. The van der Waals surface area contributed by atoms with E-state index in [1.165, 1.54) is 11.9 Å². The Morgan fingerprint density at radius 2 is 1.85 bits per heavy atom. The monoisotopic (exact) mass is 378 g/mol. The van der Waals surface area contributed by atoms with Crippen LogP contribution >= 0.6 is 11.9 Å². The largest absolute Gasteiger partial charge is 0.486 e. The first-order valence-electron chi connectivity index (χ1n) is 8.36. The molecular weight excluding hydrogens is 364 g/mol. The molecule has 0 aliphatic carbocycles. The molecule has 3 aromatic heterocycles. The molecule has 4 heterocycles. The molecule has 0 radical (unpaired) electrons. The Kier molecular flexibility index (Phi) is 4.02. The smallest absolute Gasteiger partial charge is 0.229 e. The van der Waals surface area contributed by atoms with Gasteiger partial charge in [-0.15, -0.1) is 0 Å². The van der Waals surface area contributed by atoms with Gasteiger partial charge in [0.1, 0.15) is 19.0 Å². The van der Waals surface area contributed by atoms with Crippen LogP contribution in [0.5, 0.6) is 11.5 Å². The summed E-state index contributed by atoms with van der Waals surface area (Å²) in [6, 6.07) is 13.2. The molecule has 1 aliphatic heterocycles. The quantitative estimate of drug-likeness (QED) is 0.530. The van der Waals surface area contributed by atoms with E-state index in [4.69, 9.17) is 13.9 Å². The van der Waals surface area contributed by atoms with E-state index in [1.807, 2.05) is 42.5 Å². The average Bonchev–Trinajstić information content (AvgIpc) is 3.17. The van der Waals surface area contributed by atoms with Gasteiger partial charge in [0.25, 0.3) is 0 Å². The first-order valence-corrected chi connectivity index (χ1v) is 9.17. The summed E-state index contributed by atoms with van der Waals surface area (Å²) in [5.41, 5.74) is 2.07. The highest BCUT2D eigenvalue weighted by molar-refractivity contribution is 8.00. The first kappa shape index (κ1) is 16.0. The van der Waals surface area contributed by atoms with Crippen molar-refractivity contribution in [1.82, 2.24) is 15.0 Å². The van der Waals surface area contributed by atoms with Crippen molar-refractivity contribution < 1.29 is 13.9 Å². The van der Waals surface area contributed by atoms with Crippen LogP contribution in [0.2, 0.25) is 0 Å². The molecule has 1 aliphatic rings. The fourth-order valence-electron chi connectivity index (χ4n) is 2.71. The Morgan fingerprint density at radius 1 is 0.926 bits per heavy atom. The third-order valence-electron chi connectivity index (χ3n) is 3.96. The van der Waals surface area contributed by atoms with Crippen LogP contribution in [0.4, 0.5) is 5.82 Å². The number of oxazole rings is 1. The average molecular weight is 378 g/mol. The normalized spacial score (nSPS) is 12.9. The first-order chi connectivity index (χ1) is 13.3. The number of rotatable bonds is 4. The number of benzene rings is 1. The summed E-state index contributed by atoms with van der Waals surface area (Å²) in [5, 5.41) is 0. The van der Waals surface area contributed by atoms with Crippen LogP contribution in [-0.2, 0) is 0 Å². The molecule has 0 saturated heterocycles. The molecule has 7 nitrogen and oxygen atoms in total. The van der Waals surface area contributed by atoms with Gasteiger partial charge in [-0.25, -0.2) is 9.97 Å². The van der Waals surface area contributed by atoms with Crippen molar-refractivity contribution in [2.24, 2.45) is 0 Å². The topological polar surface area (TPSA) is 82.3 Å². The molecule has 0 spiro atoms. The van der Waals surface area contributed by atoms with Crippen molar-refractivity contribution in [1.29, 1.82) is 0 Å². The lowest BCUT2D eigenvalue weighted by Gasteiger charge is -2.18. The zero-order chi connectivity index (χ0) is 18.1. The number of nitrogens with zero attached hydrogens (tertiary/aromatic N) is 3. The van der Waals surface area contributed by atoms with Gasteiger partial charge >= 0.3 is 0 Å². The Hall–Kier alpha value is -3.26. The van der Waals surface area contributed by atoms with E-state index in [2.05, 4.69) is 19.7 Å². The lowest BCUT2D eigenvalue weighted by Crippen LogP contribution is -2.15. The lowest BCUT2D eigenvalue weighted by atomic mass is 10.2. The number of fused-ring (bicyclic) bond motifs is 2. The van der Waals surface area contributed by atoms with Gasteiger partial charge in [0.15, 0.2) is 22.7 Å². The summed E-state index contributed by atoms with van der Waals surface area (Å²) in [6.07, 6.45) is 3.41. The highest BCUT2D eigenvalue weighted by Crippen LogP contribution is 2.34. The number of hydrogen-bond acceptors (Lipinski definition) is 8. The second kappa shape index (κ2) is 6.81. The molecule has 0 fully saturated rings. The predicted octanol–water partition coefficient (Wildman–Crippen LogP) is 4.18. The van der Waals surface area contributed by atoms with Gasteiger partial charge in [-0.2, -0.15) is 4.98 Å². The van der Waals surface area contributed by atoms with E-state index >= 15 is 0 Å². The van der Waals surface area contributed by atoms with E-state index in [9.17, 15) is 0 Å². The predicted molar refractivity (Wildman–Crippen MR) is 102 cm³/mol. The van der Waals surface area contributed by atoms with Crippen LogP contribution in [0.3, 0.4) is 0 Å². The van der Waals surface area contributed by atoms with Crippen molar-refractivity contribution >= 4 is 29.0 Å². The molecule has 0 bridgehead atoms. The molecule has 0 atom stereocenters. The van der Waals surface area contributed by atoms with Crippen molar-refractivity contribution in [3.05, 3.63) is 54.9 Å². The fraction of sp³-hybridized carbons (Fsp3) is 0.105. The Balaban J connectivity index is 1.35. The minimum atomic E-state index is 0.512. The SMILES string of the molecule is c1cnc2nc(-c3ccnc(NSc4ccc5c(c4)OCCO5)c3)oc2c1. The number of pyridine rings is 2. The van der Waals surface area contributed by atoms with Crippen LogP contribution in [0.15, 0.2) is 64.2 Å². The summed E-state index contributed by atoms with van der Waals surface area (Å²) in [6.45, 7) is 1.15. The second-order valence-electron chi connectivity index (χ2n) is 5.78. The van der Waals surface area contributed by atoms with Crippen molar-refractivity contribution in [3.8, 4) is 23.0 Å². The van der Waals surface area contributed by atoms with Gasteiger partial charge in [-0.3, -0.25) is 0 Å². The molecule has 134 valence electrons. The highest BCUT2D eigenvalue weighted by atomic mass is 32.2. The maximum absolute atomic E-state index is 5.77. The van der Waals surface area contributed by atoms with E-state index < -0.39 is 0 Å². The molecule has 1 N–H and O–H groups in total. The van der Waals surface area contributed by atoms with Crippen LogP contribution < -0.4 is 14.2 Å². The summed E-state index contributed by atoms with van der Waals surface area (Å²) in [4.78, 5) is 14.0. The highest BCUT2D eigenvalue weighted by Gasteiger charge is 2.13. The molecular formula is C19H14N4O3S. The van der Waals surface area contributed by atoms with Gasteiger partial charge in [-0.1, -0.05) is 0 Å². The minimum Gasteiger partial charge on any atom is -0.486 e. The summed E-state index contributed by atoms with van der Waals surface area (Å²) >= 11 is 1.44. The number of aromatic nitrogens is 3. The summed E-state index contributed by atoms with van der Waals surface area (Å²) < 4.78 is 20.2. The van der Waals surface area contributed by atoms with Gasteiger partial charge in [0, 0.05) is 22.9 Å².